The van der Waals surface area contributed by atoms with Gasteiger partial charge in [0.05, 0.1) is 6.61 Å². The summed E-state index contributed by atoms with van der Waals surface area (Å²) in [6.07, 6.45) is 3.02. The van der Waals surface area contributed by atoms with Gasteiger partial charge in [0.25, 0.3) is 0 Å². The summed E-state index contributed by atoms with van der Waals surface area (Å²) < 4.78 is 11.1. The molecule has 0 saturated heterocycles. The van der Waals surface area contributed by atoms with Gasteiger partial charge < -0.3 is 14.3 Å². The van der Waals surface area contributed by atoms with Gasteiger partial charge in [0.2, 0.25) is 11.8 Å². The SMILES string of the molecule is O=C(O)CCCCc1nnc(-c2ccc3c(c2)CCO3)o1. The first-order chi connectivity index (χ1) is 10.2. The first-order valence-electron chi connectivity index (χ1n) is 7.02. The molecule has 0 atom stereocenters. The van der Waals surface area contributed by atoms with Crippen molar-refractivity contribution in [1.29, 1.82) is 0 Å². The van der Waals surface area contributed by atoms with Gasteiger partial charge in [-0.3, -0.25) is 4.79 Å². The Bertz CT molecular complexity index is 651. The third-order valence-electron chi connectivity index (χ3n) is 3.43. The summed E-state index contributed by atoms with van der Waals surface area (Å²) in [4.78, 5) is 10.4. The van der Waals surface area contributed by atoms with Crippen LogP contribution in [0.4, 0.5) is 0 Å². The number of unbranched alkanes of at least 4 members (excludes halogenated alkanes) is 1. The second-order valence-corrected chi connectivity index (χ2v) is 5.02. The average Bonchev–Trinajstić information content (AvgIpc) is 3.11. The Morgan fingerprint density at radius 1 is 1.29 bits per heavy atom. The number of hydrogen-bond donors (Lipinski definition) is 1. The van der Waals surface area contributed by atoms with Crippen LogP contribution in [-0.4, -0.2) is 27.9 Å². The number of benzene rings is 1. The van der Waals surface area contributed by atoms with Crippen LogP contribution in [0.2, 0.25) is 0 Å². The molecule has 0 aliphatic carbocycles. The van der Waals surface area contributed by atoms with Gasteiger partial charge in [-0.1, -0.05) is 0 Å². The summed E-state index contributed by atoms with van der Waals surface area (Å²) in [7, 11) is 0. The third-order valence-corrected chi connectivity index (χ3v) is 3.43. The van der Waals surface area contributed by atoms with E-state index in [4.69, 9.17) is 14.3 Å². The zero-order valence-electron chi connectivity index (χ0n) is 11.5. The Hall–Kier alpha value is -2.37. The smallest absolute Gasteiger partial charge is 0.303 e. The molecule has 0 saturated carbocycles. The molecule has 0 spiro atoms. The Kier molecular flexibility index (Phi) is 3.85. The van der Waals surface area contributed by atoms with Crippen LogP contribution in [0.15, 0.2) is 22.6 Å². The van der Waals surface area contributed by atoms with Crippen molar-refractivity contribution < 1.29 is 19.1 Å². The van der Waals surface area contributed by atoms with Gasteiger partial charge in [-0.25, -0.2) is 0 Å². The van der Waals surface area contributed by atoms with E-state index in [1.54, 1.807) is 0 Å². The summed E-state index contributed by atoms with van der Waals surface area (Å²) in [5.41, 5.74) is 2.05. The molecule has 1 aliphatic heterocycles. The van der Waals surface area contributed by atoms with Gasteiger partial charge in [0.15, 0.2) is 0 Å². The number of carbonyl (C=O) groups is 1. The molecule has 0 bridgehead atoms. The van der Waals surface area contributed by atoms with Crippen LogP contribution in [0.5, 0.6) is 5.75 Å². The molecule has 2 aromatic rings. The number of hydrogen-bond acceptors (Lipinski definition) is 5. The van der Waals surface area contributed by atoms with Crippen LogP contribution < -0.4 is 4.74 Å². The van der Waals surface area contributed by atoms with Gasteiger partial charge in [-0.05, 0) is 36.6 Å². The van der Waals surface area contributed by atoms with E-state index in [1.165, 1.54) is 0 Å². The van der Waals surface area contributed by atoms with Crippen molar-refractivity contribution in [1.82, 2.24) is 10.2 Å². The van der Waals surface area contributed by atoms with Crippen LogP contribution in [0.3, 0.4) is 0 Å². The average molecular weight is 288 g/mol. The molecule has 0 unspecified atom stereocenters. The molecule has 3 rings (SSSR count). The minimum atomic E-state index is -0.776. The molecule has 1 aromatic heterocycles. The van der Waals surface area contributed by atoms with Crippen LogP contribution >= 0.6 is 0 Å². The van der Waals surface area contributed by atoms with E-state index in [9.17, 15) is 4.79 Å². The highest BCUT2D eigenvalue weighted by Gasteiger charge is 2.15. The number of ether oxygens (including phenoxy) is 1. The molecule has 0 amide bonds. The molecule has 1 N–H and O–H groups in total. The highest BCUT2D eigenvalue weighted by molar-refractivity contribution is 5.66. The van der Waals surface area contributed by atoms with Crippen molar-refractivity contribution in [2.24, 2.45) is 0 Å². The summed E-state index contributed by atoms with van der Waals surface area (Å²) in [5.74, 6) is 1.19. The lowest BCUT2D eigenvalue weighted by Crippen LogP contribution is -1.95. The van der Waals surface area contributed by atoms with Gasteiger partial charge in [-0.2, -0.15) is 0 Å². The summed E-state index contributed by atoms with van der Waals surface area (Å²) in [6, 6.07) is 5.85. The van der Waals surface area contributed by atoms with Crippen LogP contribution in [0.25, 0.3) is 11.5 Å². The minimum Gasteiger partial charge on any atom is -0.493 e. The first-order valence-corrected chi connectivity index (χ1v) is 7.02. The van der Waals surface area contributed by atoms with E-state index >= 15 is 0 Å². The van der Waals surface area contributed by atoms with E-state index in [-0.39, 0.29) is 6.42 Å². The predicted octanol–water partition coefficient (Wildman–Crippen LogP) is 2.47. The van der Waals surface area contributed by atoms with Gasteiger partial charge >= 0.3 is 5.97 Å². The maximum absolute atomic E-state index is 10.4. The van der Waals surface area contributed by atoms with Gasteiger partial charge in [-0.15, -0.1) is 10.2 Å². The zero-order valence-corrected chi connectivity index (χ0v) is 11.5. The molecule has 6 heteroatoms. The first kappa shape index (κ1) is 13.6. The third kappa shape index (κ3) is 3.21. The standard InChI is InChI=1S/C15H16N2O4/c18-14(19)4-2-1-3-13-16-17-15(21-13)11-5-6-12-10(9-11)7-8-20-12/h5-6,9H,1-4,7-8H2,(H,18,19). The number of aryl methyl sites for hydroxylation is 1. The molecular weight excluding hydrogens is 272 g/mol. The quantitative estimate of drug-likeness (QED) is 0.822. The van der Waals surface area contributed by atoms with Crippen LogP contribution in [0.1, 0.15) is 30.7 Å². The molecule has 21 heavy (non-hydrogen) atoms. The molecule has 1 aromatic carbocycles. The molecule has 6 nitrogen and oxygen atoms in total. The molecule has 110 valence electrons. The van der Waals surface area contributed by atoms with Crippen molar-refractivity contribution in [3.05, 3.63) is 29.7 Å². The number of carboxylic acid groups (broad SMARTS) is 1. The fourth-order valence-corrected chi connectivity index (χ4v) is 2.34. The summed E-state index contributed by atoms with van der Waals surface area (Å²) in [6.45, 7) is 0.720. The Morgan fingerprint density at radius 3 is 3.05 bits per heavy atom. The van der Waals surface area contributed by atoms with E-state index in [2.05, 4.69) is 10.2 Å². The van der Waals surface area contributed by atoms with Crippen LogP contribution in [0, 0.1) is 0 Å². The van der Waals surface area contributed by atoms with Crippen molar-refractivity contribution >= 4 is 5.97 Å². The second kappa shape index (κ2) is 5.95. The highest BCUT2D eigenvalue weighted by atomic mass is 16.5. The van der Waals surface area contributed by atoms with Gasteiger partial charge in [0, 0.05) is 24.8 Å². The van der Waals surface area contributed by atoms with Gasteiger partial charge in [0.1, 0.15) is 5.75 Å². The maximum Gasteiger partial charge on any atom is 0.303 e. The van der Waals surface area contributed by atoms with E-state index in [0.717, 1.165) is 36.3 Å². The van der Waals surface area contributed by atoms with Crippen LogP contribution in [-0.2, 0) is 17.6 Å². The topological polar surface area (TPSA) is 85.5 Å². The van der Waals surface area contributed by atoms with Crippen molar-refractivity contribution in [2.45, 2.75) is 32.1 Å². The fourth-order valence-electron chi connectivity index (χ4n) is 2.34. The molecular formula is C15H16N2O4. The van der Waals surface area contributed by atoms with E-state index in [0.29, 0.717) is 24.6 Å². The van der Waals surface area contributed by atoms with Crippen molar-refractivity contribution in [3.8, 4) is 17.2 Å². The van der Waals surface area contributed by atoms with E-state index in [1.807, 2.05) is 18.2 Å². The summed E-state index contributed by atoms with van der Waals surface area (Å²) >= 11 is 0. The molecule has 0 fully saturated rings. The lowest BCUT2D eigenvalue weighted by Gasteiger charge is -2.00. The lowest BCUT2D eigenvalue weighted by atomic mass is 10.1. The molecule has 2 heterocycles. The minimum absolute atomic E-state index is 0.172. The molecule has 1 aliphatic rings. The largest absolute Gasteiger partial charge is 0.493 e. The number of fused-ring (bicyclic) bond motifs is 1. The second-order valence-electron chi connectivity index (χ2n) is 5.02. The van der Waals surface area contributed by atoms with Crippen molar-refractivity contribution in [3.63, 3.8) is 0 Å². The number of carboxylic acids is 1. The normalized spacial score (nSPS) is 13.0. The number of rotatable bonds is 6. The van der Waals surface area contributed by atoms with Crippen molar-refractivity contribution in [2.75, 3.05) is 6.61 Å². The zero-order chi connectivity index (χ0) is 14.7. The lowest BCUT2D eigenvalue weighted by molar-refractivity contribution is -0.137. The Labute approximate surface area is 121 Å². The fraction of sp³-hybridized carbons (Fsp3) is 0.400. The van der Waals surface area contributed by atoms with E-state index < -0.39 is 5.97 Å². The Balaban J connectivity index is 1.63. The molecule has 0 radical (unpaired) electrons. The predicted molar refractivity (Wildman–Crippen MR) is 74.1 cm³/mol. The number of aromatic nitrogens is 2. The maximum atomic E-state index is 10.4. The highest BCUT2D eigenvalue weighted by Crippen LogP contribution is 2.29. The Morgan fingerprint density at radius 2 is 2.19 bits per heavy atom. The monoisotopic (exact) mass is 288 g/mol. The summed E-state index contributed by atoms with van der Waals surface area (Å²) in [5, 5.41) is 16.6. The number of nitrogens with zero attached hydrogens (tertiary/aromatic N) is 2. The number of aliphatic carboxylic acids is 1.